The molecule has 4 bridgehead atoms. The molecule has 3 N–H and O–H groups in total. The quantitative estimate of drug-likeness (QED) is 0.291. The normalized spacial score (nSPS) is 40.9. The fraction of sp³-hybridized carbons (Fsp3) is 0.878. The summed E-state index contributed by atoms with van der Waals surface area (Å²) < 4.78 is 0. The van der Waals surface area contributed by atoms with Gasteiger partial charge in [0.25, 0.3) is 0 Å². The molecule has 0 aromatic carbocycles. The van der Waals surface area contributed by atoms with Crippen molar-refractivity contribution in [3.05, 3.63) is 11.8 Å². The lowest BCUT2D eigenvalue weighted by atomic mass is 9.43. The maximum absolute atomic E-state index is 15.0. The van der Waals surface area contributed by atoms with E-state index in [0.29, 0.717) is 36.8 Å². The summed E-state index contributed by atoms with van der Waals surface area (Å²) in [4.78, 5) is 52.3. The number of piperazine rings is 1. The van der Waals surface area contributed by atoms with Crippen LogP contribution in [0.3, 0.4) is 0 Å². The van der Waals surface area contributed by atoms with Gasteiger partial charge in [0.2, 0.25) is 17.7 Å². The van der Waals surface area contributed by atoms with Crippen LogP contribution < -0.4 is 10.6 Å². The van der Waals surface area contributed by atoms with Gasteiger partial charge in [-0.15, -0.1) is 11.6 Å². The molecule has 52 heavy (non-hydrogen) atoms. The molecule has 11 heteroatoms. The van der Waals surface area contributed by atoms with Crippen LogP contribution in [0.1, 0.15) is 103 Å². The highest BCUT2D eigenvalue weighted by Crippen LogP contribution is 2.66. The van der Waals surface area contributed by atoms with Crippen molar-refractivity contribution in [3.63, 3.8) is 0 Å². The van der Waals surface area contributed by atoms with E-state index < -0.39 is 23.6 Å². The van der Waals surface area contributed by atoms with Crippen LogP contribution >= 0.6 is 11.6 Å². The van der Waals surface area contributed by atoms with Gasteiger partial charge in [0.05, 0.1) is 11.5 Å². The first-order valence-corrected chi connectivity index (χ1v) is 21.5. The Balaban J connectivity index is 0.991. The van der Waals surface area contributed by atoms with Gasteiger partial charge in [-0.25, -0.2) is 0 Å². The lowest BCUT2D eigenvalue weighted by Crippen LogP contribution is -2.62. The summed E-state index contributed by atoms with van der Waals surface area (Å²) in [5.74, 6) is 1.44. The van der Waals surface area contributed by atoms with Crippen LogP contribution in [0, 0.1) is 34.5 Å². The molecule has 6 aliphatic carbocycles. The molecular weight excluding hydrogens is 676 g/mol. The molecule has 0 aromatic heterocycles. The second kappa shape index (κ2) is 15.0. The average Bonchev–Trinajstić information content (AvgIpc) is 3.71. The number of hydrogen-bond donors (Lipinski definition) is 3. The summed E-state index contributed by atoms with van der Waals surface area (Å²) >= 11 is 6.74. The molecule has 3 amide bonds. The van der Waals surface area contributed by atoms with Crippen molar-refractivity contribution < 1.29 is 19.5 Å². The maximum Gasteiger partial charge on any atom is 0.245 e. The lowest BCUT2D eigenvalue weighted by Gasteiger charge is -2.63. The Kier molecular flexibility index (Phi) is 10.7. The fourth-order valence-corrected chi connectivity index (χ4v) is 13.4. The number of alkyl halides is 1. The lowest BCUT2D eigenvalue weighted by molar-refractivity contribution is -0.172. The van der Waals surface area contributed by atoms with Crippen molar-refractivity contribution >= 4 is 29.3 Å². The molecule has 10 nitrogen and oxygen atoms in total. The molecule has 8 fully saturated rings. The number of aliphatic hydroxyl groups excluding tert-OH is 1. The highest BCUT2D eigenvalue weighted by molar-refractivity contribution is 6.20. The van der Waals surface area contributed by atoms with E-state index in [4.69, 9.17) is 11.6 Å². The second-order valence-electron chi connectivity index (χ2n) is 19.1. The number of aliphatic hydroxyl groups is 1. The van der Waals surface area contributed by atoms with Gasteiger partial charge in [-0.3, -0.25) is 14.4 Å². The van der Waals surface area contributed by atoms with E-state index in [9.17, 15) is 19.5 Å². The second-order valence-corrected chi connectivity index (χ2v) is 19.7. The molecule has 9 rings (SSSR count). The van der Waals surface area contributed by atoms with E-state index in [1.54, 1.807) is 9.80 Å². The van der Waals surface area contributed by atoms with Gasteiger partial charge in [0, 0.05) is 76.6 Å². The number of nitrogens with zero attached hydrogens (tertiary/aromatic N) is 4. The summed E-state index contributed by atoms with van der Waals surface area (Å²) in [6.45, 7) is 6.21. The molecule has 3 heterocycles. The highest BCUT2D eigenvalue weighted by Gasteiger charge is 2.62. The summed E-state index contributed by atoms with van der Waals surface area (Å²) in [5.41, 5.74) is 0.917. The van der Waals surface area contributed by atoms with Crippen molar-refractivity contribution in [1.29, 1.82) is 0 Å². The first-order chi connectivity index (χ1) is 25.0. The van der Waals surface area contributed by atoms with Gasteiger partial charge >= 0.3 is 0 Å². The van der Waals surface area contributed by atoms with E-state index in [2.05, 4.69) is 33.7 Å². The van der Waals surface area contributed by atoms with Gasteiger partial charge in [0.15, 0.2) is 0 Å². The Morgan fingerprint density at radius 3 is 2.46 bits per heavy atom. The largest absolute Gasteiger partial charge is 0.391 e. The third-order valence-corrected chi connectivity index (χ3v) is 15.7. The number of likely N-dealkylation sites (N-methyl/N-ethyl adjacent to an activating group) is 2. The van der Waals surface area contributed by atoms with Crippen LogP contribution in [0.4, 0.5) is 0 Å². The minimum absolute atomic E-state index is 0.0617. The van der Waals surface area contributed by atoms with Gasteiger partial charge < -0.3 is 35.3 Å². The summed E-state index contributed by atoms with van der Waals surface area (Å²) in [5, 5.41) is 17.9. The van der Waals surface area contributed by atoms with E-state index in [0.717, 1.165) is 90.5 Å². The van der Waals surface area contributed by atoms with E-state index in [1.165, 1.54) is 37.7 Å². The number of carbonyl (C=O) groups is 3. The van der Waals surface area contributed by atoms with Crippen molar-refractivity contribution in [2.24, 2.45) is 34.5 Å². The molecule has 2 saturated heterocycles. The predicted molar refractivity (Wildman–Crippen MR) is 202 cm³/mol. The smallest absolute Gasteiger partial charge is 0.245 e. The first-order valence-electron chi connectivity index (χ1n) is 21.0. The topological polar surface area (TPSA) is 108 Å². The molecule has 3 aliphatic heterocycles. The first kappa shape index (κ1) is 37.1. The third kappa shape index (κ3) is 7.40. The van der Waals surface area contributed by atoms with E-state index in [-0.39, 0.29) is 47.4 Å². The zero-order chi connectivity index (χ0) is 36.2. The fourth-order valence-electron chi connectivity index (χ4n) is 13.0. The summed E-state index contributed by atoms with van der Waals surface area (Å²) in [6.07, 6.45) is 17.3. The number of rotatable bonds is 10. The molecule has 0 aromatic rings. The van der Waals surface area contributed by atoms with Crippen molar-refractivity contribution in [3.8, 4) is 0 Å². The molecule has 0 radical (unpaired) electrons. The Morgan fingerprint density at radius 2 is 1.71 bits per heavy atom. The van der Waals surface area contributed by atoms with Gasteiger partial charge in [-0.1, -0.05) is 25.7 Å². The monoisotopic (exact) mass is 740 g/mol. The van der Waals surface area contributed by atoms with Gasteiger partial charge in [-0.2, -0.15) is 0 Å². The summed E-state index contributed by atoms with van der Waals surface area (Å²) in [7, 11) is 4.05. The van der Waals surface area contributed by atoms with Crippen LogP contribution in [0.2, 0.25) is 0 Å². The van der Waals surface area contributed by atoms with Gasteiger partial charge in [0.1, 0.15) is 12.1 Å². The van der Waals surface area contributed by atoms with Crippen molar-refractivity contribution in [1.82, 2.24) is 30.2 Å². The predicted octanol–water partition coefficient (Wildman–Crippen LogP) is 3.96. The number of halogens is 1. The maximum atomic E-state index is 15.0. The number of carbonyl (C=O) groups excluding carboxylic acids is 3. The van der Waals surface area contributed by atoms with Crippen LogP contribution in [-0.2, 0) is 14.4 Å². The Morgan fingerprint density at radius 1 is 1.00 bits per heavy atom. The molecule has 290 valence electrons. The SMILES string of the molecule is CN1CCN(CC23CC4CC(C2)CC(C(=O)N2CC(O)CC2C(=O)NC(CC2=CNC5CCCCC25)C(=O)N(C)CC2CCCCC2Cl)(C4)C3)CC1. The van der Waals surface area contributed by atoms with E-state index >= 15 is 0 Å². The molecular formula is C41H65ClN6O4. The average molecular weight is 741 g/mol. The highest BCUT2D eigenvalue weighted by atomic mass is 35.5. The Bertz CT molecular complexity index is 1370. The molecule has 9 aliphatic rings. The van der Waals surface area contributed by atoms with Crippen LogP contribution in [0.5, 0.6) is 0 Å². The van der Waals surface area contributed by atoms with Crippen LogP contribution in [0.15, 0.2) is 11.8 Å². The minimum Gasteiger partial charge on any atom is -0.391 e. The summed E-state index contributed by atoms with van der Waals surface area (Å²) in [6, 6.07) is -1.09. The Labute approximate surface area is 316 Å². The molecule has 9 unspecified atom stereocenters. The minimum atomic E-state index is -0.770. The zero-order valence-corrected chi connectivity index (χ0v) is 32.6. The van der Waals surface area contributed by atoms with Crippen molar-refractivity contribution in [2.75, 3.05) is 59.9 Å². The molecule has 0 spiro atoms. The number of amides is 3. The number of nitrogens with one attached hydrogen (secondary N) is 2. The van der Waals surface area contributed by atoms with Crippen molar-refractivity contribution in [2.45, 2.75) is 132 Å². The van der Waals surface area contributed by atoms with Crippen LogP contribution in [0.25, 0.3) is 0 Å². The number of likely N-dealkylation sites (tertiary alicyclic amines) is 1. The molecule has 6 saturated carbocycles. The van der Waals surface area contributed by atoms with E-state index in [1.807, 2.05) is 7.05 Å². The number of hydrogen-bond acceptors (Lipinski definition) is 7. The van der Waals surface area contributed by atoms with Gasteiger partial charge in [-0.05, 0) is 113 Å². The Hall–Kier alpha value is -1.88. The van der Waals surface area contributed by atoms with Crippen LogP contribution in [-0.4, -0.2) is 132 Å². The third-order valence-electron chi connectivity index (χ3n) is 15.1. The zero-order valence-electron chi connectivity index (χ0n) is 31.9. The number of β-amino-alcohol motifs (C(OH)–C–C–N with tert-alkyl or cyclic N) is 1. The standard InChI is InChI=1S/C41H65ClN6O4/c1-45-11-13-47(14-12-45)26-40-18-27-15-28(19-40)21-41(20-27,25-40)39(52)48-24-31(49)17-36(48)37(50)44-35(16-30-22-43-34-10-6-4-8-32(30)34)38(51)46(2)23-29-7-3-5-9-33(29)42/h22,27-29,31-36,43,49H,3-21,23-26H2,1-2H3,(H,44,50). The molecule has 9 atom stereocenters. The number of fused-ring (bicyclic) bond motifs is 1.